The van der Waals surface area contributed by atoms with Crippen LogP contribution in [0, 0.1) is 0 Å². The van der Waals surface area contributed by atoms with E-state index in [4.69, 9.17) is 18.0 Å². The minimum Gasteiger partial charge on any atom is -0.392 e. The van der Waals surface area contributed by atoms with Crippen LogP contribution in [-0.4, -0.2) is 42.0 Å². The average molecular weight is 192 g/mol. The quantitative estimate of drug-likeness (QED) is 0.501. The highest BCUT2D eigenvalue weighted by atomic mass is 32.2. The first-order chi connectivity index (χ1) is 5.16. The number of hydrogen-bond acceptors (Lipinski definition) is 3. The first-order valence-corrected chi connectivity index (χ1v) is 5.43. The SMILES string of the molecule is CSCCCN(C)CC(N)=S. The predicted molar refractivity (Wildman–Crippen MR) is 57.3 cm³/mol. The van der Waals surface area contributed by atoms with E-state index in [0.717, 1.165) is 13.1 Å². The largest absolute Gasteiger partial charge is 0.392 e. The van der Waals surface area contributed by atoms with E-state index in [-0.39, 0.29) is 0 Å². The molecule has 0 aromatic heterocycles. The first kappa shape index (κ1) is 11.2. The highest BCUT2D eigenvalue weighted by Crippen LogP contribution is 1.96. The number of hydrogen-bond donors (Lipinski definition) is 1. The van der Waals surface area contributed by atoms with Crippen LogP contribution in [0.5, 0.6) is 0 Å². The molecule has 0 bridgehead atoms. The summed E-state index contributed by atoms with van der Waals surface area (Å²) < 4.78 is 0. The molecule has 4 heteroatoms. The van der Waals surface area contributed by atoms with Crippen LogP contribution in [0.1, 0.15) is 6.42 Å². The van der Waals surface area contributed by atoms with Crippen LogP contribution < -0.4 is 5.73 Å². The Hall–Kier alpha value is 0.200. The van der Waals surface area contributed by atoms with Crippen molar-refractivity contribution in [1.82, 2.24) is 4.90 Å². The highest BCUT2D eigenvalue weighted by Gasteiger charge is 1.97. The van der Waals surface area contributed by atoms with E-state index in [1.165, 1.54) is 12.2 Å². The topological polar surface area (TPSA) is 29.3 Å². The number of nitrogens with zero attached hydrogens (tertiary/aromatic N) is 1. The lowest BCUT2D eigenvalue weighted by Crippen LogP contribution is -2.30. The molecule has 0 amide bonds. The number of thiocarbonyl (C=S) groups is 1. The van der Waals surface area contributed by atoms with Crippen molar-refractivity contribution < 1.29 is 0 Å². The molecule has 0 saturated carbocycles. The summed E-state index contributed by atoms with van der Waals surface area (Å²) in [5.41, 5.74) is 5.38. The van der Waals surface area contributed by atoms with E-state index in [2.05, 4.69) is 11.2 Å². The van der Waals surface area contributed by atoms with Gasteiger partial charge in [-0.15, -0.1) is 0 Å². The minimum atomic E-state index is 0.580. The molecular weight excluding hydrogens is 176 g/mol. The third-order valence-electron chi connectivity index (χ3n) is 1.31. The molecule has 0 radical (unpaired) electrons. The molecule has 0 unspecified atom stereocenters. The van der Waals surface area contributed by atoms with E-state index < -0.39 is 0 Å². The van der Waals surface area contributed by atoms with Gasteiger partial charge < -0.3 is 5.73 Å². The molecule has 0 fully saturated rings. The van der Waals surface area contributed by atoms with Crippen molar-refractivity contribution in [3.8, 4) is 0 Å². The monoisotopic (exact) mass is 192 g/mol. The zero-order valence-corrected chi connectivity index (χ0v) is 8.80. The van der Waals surface area contributed by atoms with Crippen LogP contribution in [0.25, 0.3) is 0 Å². The van der Waals surface area contributed by atoms with Gasteiger partial charge in [0.25, 0.3) is 0 Å². The lowest BCUT2D eigenvalue weighted by Gasteiger charge is -2.14. The Bertz CT molecular complexity index is 117. The van der Waals surface area contributed by atoms with Crippen LogP contribution >= 0.6 is 24.0 Å². The van der Waals surface area contributed by atoms with Gasteiger partial charge in [0.2, 0.25) is 0 Å². The molecule has 0 aromatic carbocycles. The van der Waals surface area contributed by atoms with E-state index >= 15 is 0 Å². The van der Waals surface area contributed by atoms with Gasteiger partial charge in [-0.05, 0) is 32.0 Å². The Morgan fingerprint density at radius 3 is 2.73 bits per heavy atom. The third kappa shape index (κ3) is 8.10. The van der Waals surface area contributed by atoms with E-state index in [0.29, 0.717) is 4.99 Å². The van der Waals surface area contributed by atoms with Crippen molar-refractivity contribution >= 4 is 29.0 Å². The van der Waals surface area contributed by atoms with Gasteiger partial charge in [0.05, 0.1) is 4.99 Å². The van der Waals surface area contributed by atoms with Crippen molar-refractivity contribution in [2.75, 3.05) is 32.1 Å². The van der Waals surface area contributed by atoms with Gasteiger partial charge in [0.1, 0.15) is 0 Å². The lowest BCUT2D eigenvalue weighted by atomic mass is 10.4. The summed E-state index contributed by atoms with van der Waals surface area (Å²) in [6.45, 7) is 1.82. The molecule has 0 rings (SSSR count). The maximum absolute atomic E-state index is 5.38. The highest BCUT2D eigenvalue weighted by molar-refractivity contribution is 7.98. The molecule has 0 aromatic rings. The van der Waals surface area contributed by atoms with Crippen LogP contribution in [0.4, 0.5) is 0 Å². The molecule has 0 aliphatic rings. The molecule has 0 saturated heterocycles. The molecule has 66 valence electrons. The zero-order valence-electron chi connectivity index (χ0n) is 7.17. The van der Waals surface area contributed by atoms with E-state index in [1.54, 1.807) is 0 Å². The summed E-state index contributed by atoms with van der Waals surface area (Å²) in [7, 11) is 2.04. The Morgan fingerprint density at radius 2 is 2.27 bits per heavy atom. The molecule has 0 aliphatic heterocycles. The van der Waals surface area contributed by atoms with Crippen molar-refractivity contribution in [1.29, 1.82) is 0 Å². The van der Waals surface area contributed by atoms with Gasteiger partial charge in [-0.25, -0.2) is 0 Å². The van der Waals surface area contributed by atoms with Crippen molar-refractivity contribution in [2.24, 2.45) is 5.73 Å². The molecule has 11 heavy (non-hydrogen) atoms. The number of thioether (sulfide) groups is 1. The standard InChI is InChI=1S/C7H16N2S2/c1-9(6-7(8)10)4-3-5-11-2/h3-6H2,1-2H3,(H2,8,10). The molecule has 2 N–H and O–H groups in total. The van der Waals surface area contributed by atoms with Gasteiger partial charge in [-0.2, -0.15) is 11.8 Å². The summed E-state index contributed by atoms with van der Waals surface area (Å²) in [6.07, 6.45) is 3.33. The van der Waals surface area contributed by atoms with Crippen molar-refractivity contribution in [2.45, 2.75) is 6.42 Å². The van der Waals surface area contributed by atoms with E-state index in [1.807, 2.05) is 18.8 Å². The molecule has 0 atom stereocenters. The molecule has 2 nitrogen and oxygen atoms in total. The fourth-order valence-corrected chi connectivity index (χ4v) is 1.46. The maximum atomic E-state index is 5.38. The Morgan fingerprint density at radius 1 is 1.64 bits per heavy atom. The summed E-state index contributed by atoms with van der Waals surface area (Å²) >= 11 is 6.65. The number of likely N-dealkylation sites (N-methyl/N-ethyl adjacent to an activating group) is 1. The fourth-order valence-electron chi connectivity index (χ4n) is 0.824. The normalized spacial score (nSPS) is 10.5. The van der Waals surface area contributed by atoms with Crippen LogP contribution in [0.3, 0.4) is 0 Å². The molecule has 0 heterocycles. The maximum Gasteiger partial charge on any atom is 0.0869 e. The van der Waals surface area contributed by atoms with Crippen molar-refractivity contribution in [3.05, 3.63) is 0 Å². The Labute approximate surface area is 78.5 Å². The van der Waals surface area contributed by atoms with Gasteiger partial charge in [-0.3, -0.25) is 4.90 Å². The summed E-state index contributed by atoms with van der Waals surface area (Å²) in [5, 5.41) is 0. The molecule has 0 aliphatic carbocycles. The minimum absolute atomic E-state index is 0.580. The van der Waals surface area contributed by atoms with Gasteiger partial charge in [0.15, 0.2) is 0 Å². The summed E-state index contributed by atoms with van der Waals surface area (Å²) in [5.74, 6) is 1.21. The second-order valence-corrected chi connectivity index (χ2v) is 4.06. The fraction of sp³-hybridized carbons (Fsp3) is 0.857. The van der Waals surface area contributed by atoms with Gasteiger partial charge >= 0.3 is 0 Å². The third-order valence-corrected chi connectivity index (χ3v) is 2.14. The number of nitrogens with two attached hydrogens (primary N) is 1. The second kappa shape index (κ2) is 6.88. The van der Waals surface area contributed by atoms with Crippen LogP contribution in [-0.2, 0) is 0 Å². The molecular formula is C7H16N2S2. The van der Waals surface area contributed by atoms with Crippen LogP contribution in [0.15, 0.2) is 0 Å². The smallest absolute Gasteiger partial charge is 0.0869 e. The average Bonchev–Trinajstić information content (AvgIpc) is 1.86. The number of rotatable bonds is 6. The van der Waals surface area contributed by atoms with Crippen molar-refractivity contribution in [3.63, 3.8) is 0 Å². The first-order valence-electron chi connectivity index (χ1n) is 3.62. The Balaban J connectivity index is 3.22. The molecule has 0 spiro atoms. The van der Waals surface area contributed by atoms with E-state index in [9.17, 15) is 0 Å². The van der Waals surface area contributed by atoms with Gasteiger partial charge in [0, 0.05) is 6.54 Å². The second-order valence-electron chi connectivity index (χ2n) is 2.55. The van der Waals surface area contributed by atoms with Gasteiger partial charge in [-0.1, -0.05) is 12.2 Å². The summed E-state index contributed by atoms with van der Waals surface area (Å²) in [4.78, 5) is 2.73. The lowest BCUT2D eigenvalue weighted by molar-refractivity contribution is 0.383. The summed E-state index contributed by atoms with van der Waals surface area (Å²) in [6, 6.07) is 0. The Kier molecular flexibility index (Phi) is 7.01. The predicted octanol–water partition coefficient (Wildman–Crippen LogP) is 0.957. The van der Waals surface area contributed by atoms with Crippen LogP contribution in [0.2, 0.25) is 0 Å². The zero-order chi connectivity index (χ0) is 8.69.